The van der Waals surface area contributed by atoms with Gasteiger partial charge >= 0.3 is 5.97 Å². The molecule has 0 atom stereocenters. The molecule has 2 N–H and O–H groups in total. The lowest BCUT2D eigenvalue weighted by molar-refractivity contribution is 0.0692. The molecule has 0 radical (unpaired) electrons. The van der Waals surface area contributed by atoms with Crippen LogP contribution in [0.3, 0.4) is 0 Å². The summed E-state index contributed by atoms with van der Waals surface area (Å²) in [6.07, 6.45) is 3.49. The molecule has 5 heteroatoms. The Kier molecular flexibility index (Phi) is 2.77. The second-order valence-electron chi connectivity index (χ2n) is 5.39. The van der Waals surface area contributed by atoms with E-state index in [-0.39, 0.29) is 11.1 Å². The lowest BCUT2D eigenvalue weighted by atomic mass is 9.87. The van der Waals surface area contributed by atoms with E-state index in [9.17, 15) is 4.79 Å². The Hall–Kier alpha value is -2.04. The summed E-state index contributed by atoms with van der Waals surface area (Å²) in [5, 5.41) is 13.6. The van der Waals surface area contributed by atoms with Crippen LogP contribution in [0.25, 0.3) is 11.1 Å². The predicted molar refractivity (Wildman–Crippen MR) is 68.7 cm³/mol. The molecule has 0 aromatic carbocycles. The molecule has 0 unspecified atom stereocenters. The zero-order chi connectivity index (χ0) is 13.5. The Morgan fingerprint density at radius 3 is 2.61 bits per heavy atom. The van der Waals surface area contributed by atoms with Crippen molar-refractivity contribution in [1.29, 1.82) is 0 Å². The number of carboxylic acid groups (broad SMARTS) is 1. The van der Waals surface area contributed by atoms with Crippen molar-refractivity contribution in [3.05, 3.63) is 29.8 Å². The SMILES string of the molecule is Cn1cc(-c2cc[nH]c2C(=O)O)c(C(C)(C)C)n1. The number of hydrogen-bond acceptors (Lipinski definition) is 2. The van der Waals surface area contributed by atoms with Crippen LogP contribution in [-0.4, -0.2) is 25.8 Å². The summed E-state index contributed by atoms with van der Waals surface area (Å²) in [5.74, 6) is -0.960. The molecular formula is C13H17N3O2. The number of hydrogen-bond donors (Lipinski definition) is 2. The number of aromatic carboxylic acids is 1. The van der Waals surface area contributed by atoms with Crippen molar-refractivity contribution in [2.45, 2.75) is 26.2 Å². The summed E-state index contributed by atoms with van der Waals surface area (Å²) in [6, 6.07) is 1.77. The van der Waals surface area contributed by atoms with Crippen molar-refractivity contribution >= 4 is 5.97 Å². The fourth-order valence-corrected chi connectivity index (χ4v) is 2.01. The molecule has 5 nitrogen and oxygen atoms in total. The van der Waals surface area contributed by atoms with Crippen LogP contribution in [0.1, 0.15) is 37.0 Å². The summed E-state index contributed by atoms with van der Waals surface area (Å²) in [6.45, 7) is 6.18. The van der Waals surface area contributed by atoms with E-state index in [0.717, 1.165) is 11.3 Å². The number of nitrogens with one attached hydrogen (secondary N) is 1. The first kappa shape index (κ1) is 12.4. The van der Waals surface area contributed by atoms with Crippen LogP contribution >= 0.6 is 0 Å². The van der Waals surface area contributed by atoms with E-state index in [1.54, 1.807) is 16.9 Å². The number of rotatable bonds is 2. The standard InChI is InChI=1S/C13H17N3O2/c1-13(2,3)11-9(7-16(4)15-11)8-5-6-14-10(8)12(17)18/h5-7,14H,1-4H3,(H,17,18). The maximum absolute atomic E-state index is 11.2. The molecule has 0 spiro atoms. The Labute approximate surface area is 105 Å². The third-order valence-corrected chi connectivity index (χ3v) is 2.79. The zero-order valence-corrected chi connectivity index (χ0v) is 11.0. The van der Waals surface area contributed by atoms with Gasteiger partial charge in [0.2, 0.25) is 0 Å². The first-order chi connectivity index (χ1) is 8.30. The maximum Gasteiger partial charge on any atom is 0.352 e. The molecule has 18 heavy (non-hydrogen) atoms. The van der Waals surface area contributed by atoms with Gasteiger partial charge in [-0.3, -0.25) is 4.68 Å². The zero-order valence-electron chi connectivity index (χ0n) is 11.0. The van der Waals surface area contributed by atoms with E-state index >= 15 is 0 Å². The highest BCUT2D eigenvalue weighted by molar-refractivity contribution is 5.94. The molecule has 0 fully saturated rings. The first-order valence-corrected chi connectivity index (χ1v) is 5.76. The molecule has 0 bridgehead atoms. The minimum Gasteiger partial charge on any atom is -0.477 e. The number of nitrogens with zero attached hydrogens (tertiary/aromatic N) is 2. The van der Waals surface area contributed by atoms with Gasteiger partial charge in [-0.2, -0.15) is 5.10 Å². The second-order valence-corrected chi connectivity index (χ2v) is 5.39. The van der Waals surface area contributed by atoms with Crippen LogP contribution in [0.5, 0.6) is 0 Å². The predicted octanol–water partition coefficient (Wildman–Crippen LogP) is 2.41. The van der Waals surface area contributed by atoms with Crippen LogP contribution in [-0.2, 0) is 12.5 Å². The summed E-state index contributed by atoms with van der Waals surface area (Å²) in [5.41, 5.74) is 2.51. The van der Waals surface area contributed by atoms with E-state index in [2.05, 4.69) is 30.9 Å². The Morgan fingerprint density at radius 2 is 2.06 bits per heavy atom. The smallest absolute Gasteiger partial charge is 0.352 e. The highest BCUT2D eigenvalue weighted by atomic mass is 16.4. The molecule has 0 aliphatic carbocycles. The molecule has 2 rings (SSSR count). The summed E-state index contributed by atoms with van der Waals surface area (Å²) < 4.78 is 1.72. The minimum atomic E-state index is -0.960. The fraction of sp³-hybridized carbons (Fsp3) is 0.385. The van der Waals surface area contributed by atoms with Gasteiger partial charge < -0.3 is 10.1 Å². The molecule has 0 aliphatic heterocycles. The molecule has 2 aromatic rings. The van der Waals surface area contributed by atoms with Crippen molar-refractivity contribution in [2.75, 3.05) is 0 Å². The van der Waals surface area contributed by atoms with Crippen molar-refractivity contribution < 1.29 is 9.90 Å². The van der Waals surface area contributed by atoms with Gasteiger partial charge in [0.25, 0.3) is 0 Å². The molecule has 2 heterocycles. The number of aromatic amines is 1. The highest BCUT2D eigenvalue weighted by Gasteiger charge is 2.25. The second kappa shape index (κ2) is 4.01. The average Bonchev–Trinajstić information content (AvgIpc) is 2.80. The highest BCUT2D eigenvalue weighted by Crippen LogP contribution is 2.33. The van der Waals surface area contributed by atoms with Gasteiger partial charge in [0, 0.05) is 36.0 Å². The number of aryl methyl sites for hydroxylation is 1. The van der Waals surface area contributed by atoms with Crippen molar-refractivity contribution in [2.24, 2.45) is 7.05 Å². The van der Waals surface area contributed by atoms with E-state index in [0.29, 0.717) is 5.56 Å². The lowest BCUT2D eigenvalue weighted by Crippen LogP contribution is -2.14. The van der Waals surface area contributed by atoms with Crippen molar-refractivity contribution in [1.82, 2.24) is 14.8 Å². The summed E-state index contributed by atoms with van der Waals surface area (Å²) in [7, 11) is 1.84. The Bertz CT molecular complexity index is 588. The molecule has 2 aromatic heterocycles. The lowest BCUT2D eigenvalue weighted by Gasteiger charge is -2.17. The van der Waals surface area contributed by atoms with Crippen LogP contribution in [0.4, 0.5) is 0 Å². The van der Waals surface area contributed by atoms with Crippen LogP contribution in [0, 0.1) is 0 Å². The number of H-pyrrole nitrogens is 1. The topological polar surface area (TPSA) is 70.9 Å². The van der Waals surface area contributed by atoms with Gasteiger partial charge in [0.1, 0.15) is 5.69 Å². The molecule has 0 saturated carbocycles. The average molecular weight is 247 g/mol. The molecule has 0 saturated heterocycles. The quantitative estimate of drug-likeness (QED) is 0.856. The van der Waals surface area contributed by atoms with Gasteiger partial charge in [-0.25, -0.2) is 4.79 Å². The molecular weight excluding hydrogens is 230 g/mol. The van der Waals surface area contributed by atoms with Gasteiger partial charge in [-0.1, -0.05) is 20.8 Å². The van der Waals surface area contributed by atoms with E-state index < -0.39 is 5.97 Å². The monoisotopic (exact) mass is 247 g/mol. The first-order valence-electron chi connectivity index (χ1n) is 5.76. The van der Waals surface area contributed by atoms with E-state index in [1.807, 2.05) is 13.2 Å². The summed E-state index contributed by atoms with van der Waals surface area (Å²) >= 11 is 0. The normalized spacial score (nSPS) is 11.8. The van der Waals surface area contributed by atoms with Gasteiger partial charge in [0.05, 0.1) is 5.69 Å². The van der Waals surface area contributed by atoms with E-state index in [4.69, 9.17) is 5.11 Å². The fourth-order valence-electron chi connectivity index (χ4n) is 2.01. The van der Waals surface area contributed by atoms with E-state index in [1.165, 1.54) is 0 Å². The Balaban J connectivity index is 2.64. The van der Waals surface area contributed by atoms with Crippen LogP contribution in [0.2, 0.25) is 0 Å². The minimum absolute atomic E-state index is 0.135. The van der Waals surface area contributed by atoms with Gasteiger partial charge in [-0.15, -0.1) is 0 Å². The van der Waals surface area contributed by atoms with Crippen LogP contribution < -0.4 is 0 Å². The van der Waals surface area contributed by atoms with Gasteiger partial charge in [-0.05, 0) is 6.07 Å². The number of carboxylic acids is 1. The largest absolute Gasteiger partial charge is 0.477 e. The van der Waals surface area contributed by atoms with Crippen molar-refractivity contribution in [3.63, 3.8) is 0 Å². The van der Waals surface area contributed by atoms with Crippen LogP contribution in [0.15, 0.2) is 18.5 Å². The number of carbonyl (C=O) groups is 1. The van der Waals surface area contributed by atoms with Gasteiger partial charge in [0.15, 0.2) is 0 Å². The molecule has 96 valence electrons. The third-order valence-electron chi connectivity index (χ3n) is 2.79. The maximum atomic E-state index is 11.2. The summed E-state index contributed by atoms with van der Waals surface area (Å²) in [4.78, 5) is 13.9. The van der Waals surface area contributed by atoms with Crippen molar-refractivity contribution in [3.8, 4) is 11.1 Å². The third kappa shape index (κ3) is 2.03. The molecule has 0 amide bonds. The Morgan fingerprint density at radius 1 is 1.39 bits per heavy atom. The molecule has 0 aliphatic rings. The number of aromatic nitrogens is 3.